The Kier molecular flexibility index (Phi) is 5.70. The summed E-state index contributed by atoms with van der Waals surface area (Å²) in [6.07, 6.45) is 3.57. The molecule has 0 fully saturated rings. The molecular formula is C9H19O. The Labute approximate surface area is 64.5 Å². The third-order valence-electron chi connectivity index (χ3n) is 2.13. The second kappa shape index (κ2) is 5.72. The van der Waals surface area contributed by atoms with Gasteiger partial charge in [-0.2, -0.15) is 0 Å². The molecule has 0 amide bonds. The summed E-state index contributed by atoms with van der Waals surface area (Å²) in [6.45, 7) is 6.58. The number of hydrogen-bond acceptors (Lipinski definition) is 0. The minimum absolute atomic E-state index is 0.0937. The van der Waals surface area contributed by atoms with Crippen molar-refractivity contribution < 1.29 is 5.11 Å². The molecule has 0 saturated carbocycles. The van der Waals surface area contributed by atoms with Gasteiger partial charge in [0.2, 0.25) is 0 Å². The van der Waals surface area contributed by atoms with E-state index < -0.39 is 0 Å². The van der Waals surface area contributed by atoms with Crippen molar-refractivity contribution in [1.82, 2.24) is 0 Å². The topological polar surface area (TPSA) is 19.9 Å². The molecule has 0 bridgehead atoms. The first kappa shape index (κ1) is 9.96. The Morgan fingerprint density at radius 1 is 1.10 bits per heavy atom. The van der Waals surface area contributed by atoms with Crippen LogP contribution in [0.2, 0.25) is 0 Å². The second-order valence-corrected chi connectivity index (χ2v) is 3.36. The Morgan fingerprint density at radius 3 is 2.00 bits per heavy atom. The maximum absolute atomic E-state index is 10.3. The maximum atomic E-state index is 10.3. The van der Waals surface area contributed by atoms with Gasteiger partial charge in [0.25, 0.3) is 0 Å². The molecule has 1 radical (unpaired) electrons. The molecule has 0 aromatic heterocycles. The van der Waals surface area contributed by atoms with Crippen molar-refractivity contribution >= 4 is 0 Å². The molecule has 0 aliphatic heterocycles. The smallest absolute Gasteiger partial charge is 0.0847 e. The van der Waals surface area contributed by atoms with E-state index in [1.807, 2.05) is 6.92 Å². The molecular weight excluding hydrogens is 124 g/mol. The van der Waals surface area contributed by atoms with Crippen LogP contribution in [0.25, 0.3) is 0 Å². The second-order valence-electron chi connectivity index (χ2n) is 3.36. The Balaban J connectivity index is 3.17. The lowest BCUT2D eigenvalue weighted by atomic mass is 9.97. The van der Waals surface area contributed by atoms with Crippen molar-refractivity contribution in [2.24, 2.45) is 11.8 Å². The molecule has 1 heteroatoms. The number of rotatable bonds is 5. The molecule has 0 aromatic rings. The first-order valence-corrected chi connectivity index (χ1v) is 4.28. The molecule has 0 N–H and O–H groups in total. The Morgan fingerprint density at radius 2 is 1.60 bits per heavy atom. The van der Waals surface area contributed by atoms with E-state index in [1.54, 1.807) is 0 Å². The molecule has 2 unspecified atom stereocenters. The van der Waals surface area contributed by atoms with E-state index in [9.17, 15) is 5.11 Å². The fraction of sp³-hybridized carbons (Fsp3) is 1.00. The van der Waals surface area contributed by atoms with E-state index >= 15 is 0 Å². The van der Waals surface area contributed by atoms with Crippen LogP contribution in [0.15, 0.2) is 0 Å². The summed E-state index contributed by atoms with van der Waals surface area (Å²) in [6, 6.07) is 0. The van der Waals surface area contributed by atoms with E-state index in [4.69, 9.17) is 0 Å². The predicted octanol–water partition coefficient (Wildman–Crippen LogP) is 2.88. The van der Waals surface area contributed by atoms with Crippen LogP contribution in [0.1, 0.15) is 40.0 Å². The highest BCUT2D eigenvalue weighted by atomic mass is 16.3. The zero-order valence-electron chi connectivity index (χ0n) is 7.39. The molecule has 2 atom stereocenters. The SMILES string of the molecule is CCC(C)CCC(C)C[O]. The van der Waals surface area contributed by atoms with Crippen molar-refractivity contribution in [2.45, 2.75) is 40.0 Å². The van der Waals surface area contributed by atoms with Crippen molar-refractivity contribution in [3.63, 3.8) is 0 Å². The summed E-state index contributed by atoms with van der Waals surface area (Å²) in [5, 5.41) is 10.3. The first-order valence-electron chi connectivity index (χ1n) is 4.28. The Hall–Kier alpha value is -0.0400. The minimum Gasteiger partial charge on any atom is -0.236 e. The van der Waals surface area contributed by atoms with Crippen molar-refractivity contribution in [2.75, 3.05) is 6.61 Å². The summed E-state index contributed by atoms with van der Waals surface area (Å²) in [4.78, 5) is 0. The molecule has 0 rings (SSSR count). The quantitative estimate of drug-likeness (QED) is 0.564. The van der Waals surface area contributed by atoms with Crippen molar-refractivity contribution in [3.05, 3.63) is 0 Å². The lowest BCUT2D eigenvalue weighted by molar-refractivity contribution is 0.143. The lowest BCUT2D eigenvalue weighted by Gasteiger charge is -2.10. The molecule has 0 saturated heterocycles. The zero-order valence-corrected chi connectivity index (χ0v) is 7.39. The highest BCUT2D eigenvalue weighted by Crippen LogP contribution is 2.13. The Bertz CT molecular complexity index is 61.1. The van der Waals surface area contributed by atoms with Crippen LogP contribution in [-0.4, -0.2) is 6.61 Å². The fourth-order valence-electron chi connectivity index (χ4n) is 0.856. The van der Waals surface area contributed by atoms with E-state index in [1.165, 1.54) is 12.8 Å². The summed E-state index contributed by atoms with van der Waals surface area (Å²) in [5.74, 6) is 1.18. The maximum Gasteiger partial charge on any atom is 0.0847 e. The molecule has 61 valence electrons. The average molecular weight is 143 g/mol. The molecule has 0 heterocycles. The predicted molar refractivity (Wildman–Crippen MR) is 43.4 cm³/mol. The zero-order chi connectivity index (χ0) is 7.98. The van der Waals surface area contributed by atoms with Gasteiger partial charge < -0.3 is 0 Å². The summed E-state index contributed by atoms with van der Waals surface area (Å²) in [7, 11) is 0. The standard InChI is InChI=1S/C9H19O/c1-4-8(2)5-6-9(3)7-10/h8-9H,4-7H2,1-3H3. The van der Waals surface area contributed by atoms with Gasteiger partial charge in [-0.3, -0.25) is 0 Å². The van der Waals surface area contributed by atoms with E-state index in [0.29, 0.717) is 5.92 Å². The largest absolute Gasteiger partial charge is 0.236 e. The van der Waals surface area contributed by atoms with Crippen LogP contribution >= 0.6 is 0 Å². The van der Waals surface area contributed by atoms with E-state index in [0.717, 1.165) is 12.3 Å². The van der Waals surface area contributed by atoms with Crippen LogP contribution in [0.3, 0.4) is 0 Å². The van der Waals surface area contributed by atoms with Gasteiger partial charge in [0.1, 0.15) is 0 Å². The average Bonchev–Trinajstić information content (AvgIpc) is 1.99. The van der Waals surface area contributed by atoms with Gasteiger partial charge in [-0.1, -0.05) is 33.6 Å². The highest BCUT2D eigenvalue weighted by Gasteiger charge is 2.03. The van der Waals surface area contributed by atoms with Crippen LogP contribution in [-0.2, 0) is 5.11 Å². The van der Waals surface area contributed by atoms with Gasteiger partial charge in [0.05, 0.1) is 6.61 Å². The summed E-state index contributed by atoms with van der Waals surface area (Å²) in [5.41, 5.74) is 0. The normalized spacial score (nSPS) is 16.8. The molecule has 0 aliphatic rings. The van der Waals surface area contributed by atoms with Crippen LogP contribution in [0.5, 0.6) is 0 Å². The molecule has 0 aliphatic carbocycles. The van der Waals surface area contributed by atoms with Gasteiger partial charge >= 0.3 is 0 Å². The third-order valence-corrected chi connectivity index (χ3v) is 2.13. The minimum atomic E-state index is 0.0937. The third kappa shape index (κ3) is 4.80. The van der Waals surface area contributed by atoms with Crippen LogP contribution in [0.4, 0.5) is 0 Å². The van der Waals surface area contributed by atoms with Gasteiger partial charge in [-0.05, 0) is 18.3 Å². The van der Waals surface area contributed by atoms with Gasteiger partial charge in [-0.25, -0.2) is 5.11 Å². The molecule has 1 nitrogen and oxygen atoms in total. The summed E-state index contributed by atoms with van der Waals surface area (Å²) < 4.78 is 0. The van der Waals surface area contributed by atoms with Crippen molar-refractivity contribution in [3.8, 4) is 0 Å². The molecule has 0 aromatic carbocycles. The highest BCUT2D eigenvalue weighted by molar-refractivity contribution is 4.55. The van der Waals surface area contributed by atoms with Crippen LogP contribution in [0, 0.1) is 11.8 Å². The summed E-state index contributed by atoms with van der Waals surface area (Å²) >= 11 is 0. The lowest BCUT2D eigenvalue weighted by Crippen LogP contribution is -2.02. The van der Waals surface area contributed by atoms with E-state index in [2.05, 4.69) is 13.8 Å². The van der Waals surface area contributed by atoms with Gasteiger partial charge in [-0.15, -0.1) is 0 Å². The van der Waals surface area contributed by atoms with Gasteiger partial charge in [0, 0.05) is 0 Å². The fourth-order valence-corrected chi connectivity index (χ4v) is 0.856. The molecule has 10 heavy (non-hydrogen) atoms. The number of hydrogen-bond donors (Lipinski definition) is 0. The van der Waals surface area contributed by atoms with Crippen molar-refractivity contribution in [1.29, 1.82) is 0 Å². The first-order chi connectivity index (χ1) is 4.70. The van der Waals surface area contributed by atoms with E-state index in [-0.39, 0.29) is 6.61 Å². The van der Waals surface area contributed by atoms with Gasteiger partial charge in [0.15, 0.2) is 0 Å². The van der Waals surface area contributed by atoms with Crippen LogP contribution < -0.4 is 0 Å². The molecule has 0 spiro atoms. The monoisotopic (exact) mass is 143 g/mol.